The third kappa shape index (κ3) is 6.49. The number of carbonyl (C=O) groups excluding carboxylic acids is 1. The van der Waals surface area contributed by atoms with E-state index in [0.29, 0.717) is 5.69 Å². The molecule has 0 fully saturated rings. The Kier molecular flexibility index (Phi) is 6.03. The van der Waals surface area contributed by atoms with Gasteiger partial charge in [0.05, 0.1) is 0 Å². The van der Waals surface area contributed by atoms with E-state index in [-0.39, 0.29) is 30.2 Å². The first-order valence-corrected chi connectivity index (χ1v) is 7.18. The number of aliphatic hydroxyl groups excluding tert-OH is 1. The molecule has 21 heavy (non-hydrogen) atoms. The van der Waals surface area contributed by atoms with Gasteiger partial charge in [-0.25, -0.2) is 4.79 Å². The van der Waals surface area contributed by atoms with Gasteiger partial charge in [-0.05, 0) is 57.9 Å². The monoisotopic (exact) mass is 294 g/mol. The lowest BCUT2D eigenvalue weighted by Gasteiger charge is -2.21. The highest BCUT2D eigenvalue weighted by Gasteiger charge is 2.14. The fourth-order valence-corrected chi connectivity index (χ4v) is 1.63. The van der Waals surface area contributed by atoms with Crippen LogP contribution < -0.4 is 15.4 Å². The molecule has 1 aromatic carbocycles. The summed E-state index contributed by atoms with van der Waals surface area (Å²) in [4.78, 5) is 11.8. The predicted octanol–water partition coefficient (Wildman–Crippen LogP) is 3.00. The summed E-state index contributed by atoms with van der Waals surface area (Å²) in [6.07, 6.45) is 0. The summed E-state index contributed by atoms with van der Waals surface area (Å²) in [6, 6.07) is 6.84. The van der Waals surface area contributed by atoms with Crippen molar-refractivity contribution in [2.45, 2.75) is 46.3 Å². The maximum atomic E-state index is 11.8. The van der Waals surface area contributed by atoms with Crippen LogP contribution in [0.3, 0.4) is 0 Å². The number of nitrogens with one attached hydrogen (secondary N) is 2. The average molecular weight is 294 g/mol. The van der Waals surface area contributed by atoms with Gasteiger partial charge in [-0.1, -0.05) is 6.92 Å². The normalized spacial score (nSPS) is 14.2. The number of carbonyl (C=O) groups is 1. The molecule has 0 spiro atoms. The molecule has 2 atom stereocenters. The average Bonchev–Trinajstić information content (AvgIpc) is 2.38. The molecule has 0 heterocycles. The highest BCUT2D eigenvalue weighted by molar-refractivity contribution is 5.89. The van der Waals surface area contributed by atoms with E-state index in [0.717, 1.165) is 5.75 Å². The Morgan fingerprint density at radius 3 is 2.29 bits per heavy atom. The van der Waals surface area contributed by atoms with Gasteiger partial charge in [0.15, 0.2) is 0 Å². The topological polar surface area (TPSA) is 70.6 Å². The number of rotatable bonds is 5. The molecule has 2 unspecified atom stereocenters. The van der Waals surface area contributed by atoms with Crippen LogP contribution in [0, 0.1) is 5.92 Å². The highest BCUT2D eigenvalue weighted by Crippen LogP contribution is 2.20. The van der Waals surface area contributed by atoms with Gasteiger partial charge >= 0.3 is 6.03 Å². The molecule has 0 saturated carbocycles. The van der Waals surface area contributed by atoms with Crippen molar-refractivity contribution in [3.05, 3.63) is 24.3 Å². The highest BCUT2D eigenvalue weighted by atomic mass is 16.5. The van der Waals surface area contributed by atoms with Crippen molar-refractivity contribution in [1.82, 2.24) is 5.32 Å². The first kappa shape index (κ1) is 17.3. The van der Waals surface area contributed by atoms with Gasteiger partial charge in [-0.3, -0.25) is 0 Å². The second-order valence-corrected chi connectivity index (χ2v) is 6.29. The molecule has 5 nitrogen and oxygen atoms in total. The van der Waals surface area contributed by atoms with Crippen LogP contribution in [0.1, 0.15) is 34.6 Å². The van der Waals surface area contributed by atoms with Crippen LogP contribution >= 0.6 is 0 Å². The molecule has 0 aliphatic heterocycles. The molecule has 2 amide bonds. The number of anilines is 1. The molecular weight excluding hydrogens is 268 g/mol. The third-order valence-corrected chi connectivity index (χ3v) is 3.04. The molecule has 0 saturated heterocycles. The summed E-state index contributed by atoms with van der Waals surface area (Å²) >= 11 is 0. The van der Waals surface area contributed by atoms with E-state index >= 15 is 0 Å². The molecule has 5 heteroatoms. The Balaban J connectivity index is 2.54. The molecule has 1 aromatic rings. The molecule has 1 rings (SSSR count). The molecule has 0 aliphatic rings. The zero-order chi connectivity index (χ0) is 16.0. The molecular formula is C16H26N2O3. The summed E-state index contributed by atoms with van der Waals surface area (Å²) < 4.78 is 5.72. The van der Waals surface area contributed by atoms with Crippen LogP contribution in [0.5, 0.6) is 5.75 Å². The van der Waals surface area contributed by atoms with Crippen molar-refractivity contribution < 1.29 is 14.6 Å². The molecule has 0 radical (unpaired) electrons. The van der Waals surface area contributed by atoms with Crippen LogP contribution in [-0.2, 0) is 0 Å². The lowest BCUT2D eigenvalue weighted by Crippen LogP contribution is -2.40. The van der Waals surface area contributed by atoms with E-state index in [2.05, 4.69) is 10.6 Å². The fourth-order valence-electron chi connectivity index (χ4n) is 1.63. The van der Waals surface area contributed by atoms with Crippen molar-refractivity contribution in [3.63, 3.8) is 0 Å². The number of hydrogen-bond acceptors (Lipinski definition) is 3. The van der Waals surface area contributed by atoms with Crippen LogP contribution in [0.15, 0.2) is 24.3 Å². The Bertz CT molecular complexity index is 452. The predicted molar refractivity (Wildman–Crippen MR) is 84.7 cm³/mol. The Labute approximate surface area is 126 Å². The van der Waals surface area contributed by atoms with Crippen molar-refractivity contribution in [3.8, 4) is 5.75 Å². The van der Waals surface area contributed by atoms with E-state index in [9.17, 15) is 4.79 Å². The zero-order valence-electron chi connectivity index (χ0n) is 13.4. The molecule has 118 valence electrons. The molecule has 0 bridgehead atoms. The fraction of sp³-hybridized carbons (Fsp3) is 0.562. The number of ether oxygens (including phenoxy) is 1. The van der Waals surface area contributed by atoms with Gasteiger partial charge in [0.1, 0.15) is 11.4 Å². The lowest BCUT2D eigenvalue weighted by atomic mass is 10.1. The minimum atomic E-state index is -0.285. The summed E-state index contributed by atoms with van der Waals surface area (Å²) in [5.41, 5.74) is 0.444. The van der Waals surface area contributed by atoms with Crippen LogP contribution in [0.2, 0.25) is 0 Å². The molecule has 0 aliphatic carbocycles. The lowest BCUT2D eigenvalue weighted by molar-refractivity contribution is 0.131. The van der Waals surface area contributed by atoms with Gasteiger partial charge in [-0.2, -0.15) is 0 Å². The van der Waals surface area contributed by atoms with E-state index in [1.54, 1.807) is 12.1 Å². The van der Waals surface area contributed by atoms with Gasteiger partial charge < -0.3 is 20.5 Å². The van der Waals surface area contributed by atoms with E-state index in [1.165, 1.54) is 0 Å². The van der Waals surface area contributed by atoms with Crippen molar-refractivity contribution in [1.29, 1.82) is 0 Å². The Morgan fingerprint density at radius 2 is 1.81 bits per heavy atom. The second-order valence-electron chi connectivity index (χ2n) is 6.29. The first-order valence-electron chi connectivity index (χ1n) is 7.18. The Morgan fingerprint density at radius 1 is 1.24 bits per heavy atom. The number of urea groups is 1. The summed E-state index contributed by atoms with van der Waals surface area (Å²) in [5, 5.41) is 14.6. The standard InChI is InChI=1S/C16H26N2O3/c1-11(10-19)12(2)17-15(20)18-13-6-8-14(9-7-13)21-16(3,4)5/h6-9,11-12,19H,10H2,1-5H3,(H2,17,18,20). The number of benzene rings is 1. The summed E-state index contributed by atoms with van der Waals surface area (Å²) in [6.45, 7) is 9.73. The van der Waals surface area contributed by atoms with Gasteiger partial charge in [0.25, 0.3) is 0 Å². The van der Waals surface area contributed by atoms with E-state index < -0.39 is 0 Å². The molecule has 0 aromatic heterocycles. The zero-order valence-corrected chi connectivity index (χ0v) is 13.4. The van der Waals surface area contributed by atoms with Crippen LogP contribution in [0.4, 0.5) is 10.5 Å². The maximum absolute atomic E-state index is 11.8. The Hall–Kier alpha value is -1.75. The smallest absolute Gasteiger partial charge is 0.319 e. The van der Waals surface area contributed by atoms with E-state index in [4.69, 9.17) is 9.84 Å². The van der Waals surface area contributed by atoms with Gasteiger partial charge in [0.2, 0.25) is 0 Å². The van der Waals surface area contributed by atoms with E-state index in [1.807, 2.05) is 46.8 Å². The number of aliphatic hydroxyl groups is 1. The van der Waals surface area contributed by atoms with Gasteiger partial charge in [-0.15, -0.1) is 0 Å². The van der Waals surface area contributed by atoms with Crippen molar-refractivity contribution >= 4 is 11.7 Å². The van der Waals surface area contributed by atoms with Crippen molar-refractivity contribution in [2.75, 3.05) is 11.9 Å². The first-order chi connectivity index (χ1) is 9.71. The third-order valence-electron chi connectivity index (χ3n) is 3.04. The second kappa shape index (κ2) is 7.31. The summed E-state index contributed by atoms with van der Waals surface area (Å²) in [7, 11) is 0. The minimum absolute atomic E-state index is 0.0123. The summed E-state index contributed by atoms with van der Waals surface area (Å²) in [5.74, 6) is 0.772. The quantitative estimate of drug-likeness (QED) is 0.782. The SMILES string of the molecule is CC(CO)C(C)NC(=O)Nc1ccc(OC(C)(C)C)cc1. The van der Waals surface area contributed by atoms with Crippen molar-refractivity contribution in [2.24, 2.45) is 5.92 Å². The number of hydrogen-bond donors (Lipinski definition) is 3. The number of amides is 2. The van der Waals surface area contributed by atoms with Crippen LogP contribution in [0.25, 0.3) is 0 Å². The maximum Gasteiger partial charge on any atom is 0.319 e. The van der Waals surface area contributed by atoms with Gasteiger partial charge in [0, 0.05) is 18.3 Å². The molecule has 3 N–H and O–H groups in total. The minimum Gasteiger partial charge on any atom is -0.488 e. The van der Waals surface area contributed by atoms with Crippen LogP contribution in [-0.4, -0.2) is 29.4 Å². The largest absolute Gasteiger partial charge is 0.488 e.